The van der Waals surface area contributed by atoms with Gasteiger partial charge in [-0.3, -0.25) is 19.1 Å². The summed E-state index contributed by atoms with van der Waals surface area (Å²) in [6.07, 6.45) is 29.9. The topological polar surface area (TPSA) is 102 Å². The van der Waals surface area contributed by atoms with Gasteiger partial charge in [0.05, 0.1) is 30.5 Å². The van der Waals surface area contributed by atoms with Crippen molar-refractivity contribution < 1.29 is 33.0 Å². The molecule has 288 valence electrons. The Morgan fingerprint density at radius 2 is 1.00 bits per heavy atom. The molecular weight excluding hydrogens is 649 g/mol. The third-order valence-electron chi connectivity index (χ3n) is 9.74. The first-order chi connectivity index (χ1) is 24.4. The first-order valence-electron chi connectivity index (χ1n) is 20.5. The Kier molecular flexibility index (Phi) is 25.8. The fourth-order valence-electron chi connectivity index (χ4n) is 6.53. The van der Waals surface area contributed by atoms with Crippen molar-refractivity contribution in [2.75, 3.05) is 39.1 Å². The van der Waals surface area contributed by atoms with Gasteiger partial charge in [-0.1, -0.05) is 167 Å². The summed E-state index contributed by atoms with van der Waals surface area (Å²) in [6, 6.07) is 6.59. The van der Waals surface area contributed by atoms with Crippen molar-refractivity contribution in [1.82, 2.24) is 4.90 Å². The molecule has 0 saturated heterocycles. The highest BCUT2D eigenvalue weighted by Gasteiger charge is 2.36. The van der Waals surface area contributed by atoms with Crippen LogP contribution in [0.5, 0.6) is 0 Å². The van der Waals surface area contributed by atoms with Crippen LogP contribution in [0.25, 0.3) is 0 Å². The smallest absolute Gasteiger partial charge is 0.330 e. The van der Waals surface area contributed by atoms with Crippen LogP contribution in [0, 0.1) is 0 Å². The van der Waals surface area contributed by atoms with Gasteiger partial charge in [-0.2, -0.15) is 0 Å². The van der Waals surface area contributed by atoms with Crippen LogP contribution >= 0.6 is 7.60 Å². The number of ether oxygens (including phenoxy) is 2. The minimum atomic E-state index is -4.07. The molecule has 1 aromatic rings. The van der Waals surface area contributed by atoms with Crippen LogP contribution in [0.3, 0.4) is 0 Å². The summed E-state index contributed by atoms with van der Waals surface area (Å²) < 4.78 is 30.5. The minimum absolute atomic E-state index is 0.0768. The van der Waals surface area contributed by atoms with Crippen LogP contribution in [0.15, 0.2) is 24.3 Å². The van der Waals surface area contributed by atoms with Gasteiger partial charge in [-0.15, -0.1) is 0 Å². The lowest BCUT2D eigenvalue weighted by molar-refractivity contribution is -0.0403. The van der Waals surface area contributed by atoms with E-state index in [1.54, 1.807) is 24.3 Å². The highest BCUT2D eigenvalue weighted by molar-refractivity contribution is 7.52. The molecule has 0 spiro atoms. The van der Waals surface area contributed by atoms with E-state index in [-0.39, 0.29) is 19.3 Å². The van der Waals surface area contributed by atoms with E-state index in [1.807, 2.05) is 0 Å². The number of rotatable bonds is 35. The van der Waals surface area contributed by atoms with Crippen LogP contribution in [-0.2, 0) is 18.6 Å². The van der Waals surface area contributed by atoms with Gasteiger partial charge in [0, 0.05) is 19.8 Å². The number of unbranched alkanes of at least 4 members (excludes halogenated alkanes) is 22. The van der Waals surface area contributed by atoms with Crippen LogP contribution in [-0.4, -0.2) is 66.8 Å². The monoisotopic (exact) mass is 722 g/mol. The normalized spacial score (nSPS) is 14.7. The molecule has 9 heteroatoms. The van der Waals surface area contributed by atoms with Gasteiger partial charge in [-0.05, 0) is 25.0 Å². The van der Waals surface area contributed by atoms with Crippen LogP contribution in [0.4, 0.5) is 0 Å². The second-order valence-electron chi connectivity index (χ2n) is 14.3. The van der Waals surface area contributed by atoms with Gasteiger partial charge < -0.3 is 18.9 Å². The van der Waals surface area contributed by atoms with E-state index in [0.29, 0.717) is 30.9 Å². The zero-order valence-corrected chi connectivity index (χ0v) is 32.8. The largest absolute Gasteiger partial charge is 0.379 e. The molecule has 8 nitrogen and oxygen atoms in total. The van der Waals surface area contributed by atoms with Gasteiger partial charge in [0.2, 0.25) is 0 Å². The standard InChI is InChI=1S/C41H72NO7P/c1-3-5-7-9-11-13-15-17-19-21-23-27-32-47-35-37(48-33-28-24-22-20-18-16-14-12-10-8-6-4-2)36-49-50(45,46)34-31-42-40(43)38-29-25-26-30-39(38)41(42)44/h25-26,29-30,37H,3-24,27-28,31-36H2,1-2H3,(H,45,46)/t37-/m1/s1. The molecule has 0 aromatic heterocycles. The molecule has 1 aromatic carbocycles. The summed E-state index contributed by atoms with van der Waals surface area (Å²) in [5.74, 6) is -0.888. The number of hydrogen-bond donors (Lipinski definition) is 1. The SMILES string of the molecule is CCCCCCCCCCCCCCOC[C@H](COP(=O)(O)CCN1C(=O)c2ccccc2C1=O)OCCCCCCCCCCCCCC. The lowest BCUT2D eigenvalue weighted by Gasteiger charge is -2.21. The van der Waals surface area contributed by atoms with Crippen molar-refractivity contribution >= 4 is 19.4 Å². The molecule has 0 saturated carbocycles. The molecule has 2 rings (SSSR count). The molecule has 2 atom stereocenters. The number of fused-ring (bicyclic) bond motifs is 1. The summed E-state index contributed by atoms with van der Waals surface area (Å²) in [5, 5.41) is 0. The Morgan fingerprint density at radius 1 is 0.600 bits per heavy atom. The Labute approximate surface area is 305 Å². The number of imide groups is 1. The maximum Gasteiger partial charge on any atom is 0.330 e. The molecule has 1 unspecified atom stereocenters. The first-order valence-corrected chi connectivity index (χ1v) is 22.3. The first kappa shape index (κ1) is 44.6. The molecule has 1 heterocycles. The summed E-state index contributed by atoms with van der Waals surface area (Å²) in [7, 11) is -4.07. The fraction of sp³-hybridized carbons (Fsp3) is 0.805. The molecule has 0 bridgehead atoms. The second-order valence-corrected chi connectivity index (χ2v) is 16.3. The molecule has 0 aliphatic carbocycles. The van der Waals surface area contributed by atoms with Crippen molar-refractivity contribution in [3.63, 3.8) is 0 Å². The van der Waals surface area contributed by atoms with Gasteiger partial charge in [0.15, 0.2) is 0 Å². The van der Waals surface area contributed by atoms with E-state index in [1.165, 1.54) is 128 Å². The Morgan fingerprint density at radius 3 is 1.44 bits per heavy atom. The lowest BCUT2D eigenvalue weighted by Crippen LogP contribution is -2.33. The number of carbonyl (C=O) groups is 2. The van der Waals surface area contributed by atoms with Gasteiger partial charge >= 0.3 is 7.60 Å². The number of nitrogens with zero attached hydrogens (tertiary/aromatic N) is 1. The van der Waals surface area contributed by atoms with Crippen LogP contribution < -0.4 is 0 Å². The fourth-order valence-corrected chi connectivity index (χ4v) is 7.51. The van der Waals surface area contributed by atoms with E-state index in [9.17, 15) is 19.0 Å². The number of carbonyl (C=O) groups excluding carboxylic acids is 2. The Balaban J connectivity index is 1.65. The van der Waals surface area contributed by atoms with Crippen molar-refractivity contribution in [3.05, 3.63) is 35.4 Å². The molecule has 2 amide bonds. The molecule has 1 aliphatic heterocycles. The maximum absolute atomic E-state index is 12.9. The maximum atomic E-state index is 12.9. The van der Waals surface area contributed by atoms with Gasteiger partial charge in [0.25, 0.3) is 11.8 Å². The quantitative estimate of drug-likeness (QED) is 0.0423. The predicted octanol–water partition coefficient (Wildman–Crippen LogP) is 11.3. The third-order valence-corrected chi connectivity index (χ3v) is 11.1. The summed E-state index contributed by atoms with van der Waals surface area (Å²) >= 11 is 0. The van der Waals surface area contributed by atoms with Crippen molar-refractivity contribution in [2.24, 2.45) is 0 Å². The molecule has 0 fully saturated rings. The van der Waals surface area contributed by atoms with Crippen LogP contribution in [0.1, 0.15) is 189 Å². The zero-order chi connectivity index (χ0) is 36.1. The molecule has 0 radical (unpaired) electrons. The number of benzene rings is 1. The van der Waals surface area contributed by atoms with Crippen molar-refractivity contribution in [2.45, 2.75) is 174 Å². The van der Waals surface area contributed by atoms with E-state index in [4.69, 9.17) is 14.0 Å². The van der Waals surface area contributed by atoms with E-state index in [0.717, 1.165) is 30.6 Å². The van der Waals surface area contributed by atoms with E-state index < -0.39 is 25.5 Å². The Hall–Kier alpha value is -1.57. The molecule has 1 N–H and O–H groups in total. The highest BCUT2D eigenvalue weighted by Crippen LogP contribution is 2.42. The summed E-state index contributed by atoms with van der Waals surface area (Å²) in [4.78, 5) is 36.9. The second kappa shape index (κ2) is 28.9. The molecular formula is C41H72NO7P. The van der Waals surface area contributed by atoms with Gasteiger partial charge in [-0.25, -0.2) is 0 Å². The Bertz CT molecular complexity index is 1030. The van der Waals surface area contributed by atoms with E-state index >= 15 is 0 Å². The number of hydrogen-bond acceptors (Lipinski definition) is 6. The van der Waals surface area contributed by atoms with E-state index in [2.05, 4.69) is 13.8 Å². The molecule has 50 heavy (non-hydrogen) atoms. The predicted molar refractivity (Wildman–Crippen MR) is 205 cm³/mol. The van der Waals surface area contributed by atoms with Crippen molar-refractivity contribution in [1.29, 1.82) is 0 Å². The zero-order valence-electron chi connectivity index (χ0n) is 31.9. The van der Waals surface area contributed by atoms with Gasteiger partial charge in [0.1, 0.15) is 6.10 Å². The molecule has 1 aliphatic rings. The number of amides is 2. The third kappa shape index (κ3) is 20.5. The summed E-state index contributed by atoms with van der Waals surface area (Å²) in [6.45, 7) is 5.75. The average molecular weight is 722 g/mol. The summed E-state index contributed by atoms with van der Waals surface area (Å²) in [5.41, 5.74) is 0.644. The average Bonchev–Trinajstić information content (AvgIpc) is 3.36. The lowest BCUT2D eigenvalue weighted by atomic mass is 10.1. The van der Waals surface area contributed by atoms with Crippen molar-refractivity contribution in [3.8, 4) is 0 Å². The van der Waals surface area contributed by atoms with Crippen LogP contribution in [0.2, 0.25) is 0 Å². The highest BCUT2D eigenvalue weighted by atomic mass is 31.2. The minimum Gasteiger partial charge on any atom is -0.379 e.